The largest absolute Gasteiger partial charge is 0.395 e. The van der Waals surface area contributed by atoms with Gasteiger partial charge in [0.25, 0.3) is 0 Å². The quantitative estimate of drug-likeness (QED) is 0.657. The Bertz CT molecular complexity index is 194. The standard InChI is InChI=1S/C12H23NO2/c1-2-3-4-5-6-11-7-8-12(15)13(11)9-10-14/h11,14H,2-10H2,1H3. The van der Waals surface area contributed by atoms with Gasteiger partial charge in [0.1, 0.15) is 0 Å². The zero-order chi connectivity index (χ0) is 11.1. The van der Waals surface area contributed by atoms with E-state index in [0.29, 0.717) is 19.0 Å². The van der Waals surface area contributed by atoms with Crippen LogP contribution in [0.5, 0.6) is 0 Å². The molecule has 0 bridgehead atoms. The Labute approximate surface area is 92.5 Å². The van der Waals surface area contributed by atoms with Gasteiger partial charge in [-0.15, -0.1) is 0 Å². The third-order valence-corrected chi connectivity index (χ3v) is 3.18. The van der Waals surface area contributed by atoms with Gasteiger partial charge in [-0.2, -0.15) is 0 Å². The molecule has 1 atom stereocenters. The smallest absolute Gasteiger partial charge is 0.222 e. The van der Waals surface area contributed by atoms with Crippen LogP contribution in [0.1, 0.15) is 51.9 Å². The zero-order valence-corrected chi connectivity index (χ0v) is 9.74. The number of unbranched alkanes of at least 4 members (excludes halogenated alkanes) is 3. The molecule has 0 aliphatic carbocycles. The maximum atomic E-state index is 11.5. The fourth-order valence-electron chi connectivity index (χ4n) is 2.32. The molecule has 0 saturated carbocycles. The minimum atomic E-state index is 0.0944. The number of amides is 1. The molecule has 88 valence electrons. The summed E-state index contributed by atoms with van der Waals surface area (Å²) >= 11 is 0. The summed E-state index contributed by atoms with van der Waals surface area (Å²) in [4.78, 5) is 13.3. The molecule has 1 unspecified atom stereocenters. The van der Waals surface area contributed by atoms with E-state index in [2.05, 4.69) is 6.92 Å². The van der Waals surface area contributed by atoms with Gasteiger partial charge in [-0.05, 0) is 12.8 Å². The first-order valence-corrected chi connectivity index (χ1v) is 6.20. The molecule has 0 aromatic carbocycles. The van der Waals surface area contributed by atoms with Crippen molar-refractivity contribution in [1.82, 2.24) is 4.90 Å². The molecule has 15 heavy (non-hydrogen) atoms. The number of likely N-dealkylation sites (tertiary alicyclic amines) is 1. The third kappa shape index (κ3) is 3.82. The van der Waals surface area contributed by atoms with Crippen LogP contribution in [0.3, 0.4) is 0 Å². The average molecular weight is 213 g/mol. The molecule has 1 saturated heterocycles. The summed E-state index contributed by atoms with van der Waals surface area (Å²) in [6.45, 7) is 2.83. The lowest BCUT2D eigenvalue weighted by Crippen LogP contribution is -2.35. The Morgan fingerprint density at radius 1 is 1.40 bits per heavy atom. The Morgan fingerprint density at radius 3 is 2.87 bits per heavy atom. The minimum absolute atomic E-state index is 0.0944. The van der Waals surface area contributed by atoms with Crippen LogP contribution in [0.25, 0.3) is 0 Å². The van der Waals surface area contributed by atoms with E-state index >= 15 is 0 Å². The molecule has 1 aliphatic rings. The van der Waals surface area contributed by atoms with Crippen molar-refractivity contribution in [2.24, 2.45) is 0 Å². The maximum absolute atomic E-state index is 11.5. The Kier molecular flexibility index (Phi) is 5.69. The first-order valence-electron chi connectivity index (χ1n) is 6.20. The number of carbonyl (C=O) groups excluding carboxylic acids is 1. The lowest BCUT2D eigenvalue weighted by molar-refractivity contribution is -0.129. The number of nitrogens with zero attached hydrogens (tertiary/aromatic N) is 1. The zero-order valence-electron chi connectivity index (χ0n) is 9.74. The van der Waals surface area contributed by atoms with Crippen molar-refractivity contribution in [3.8, 4) is 0 Å². The summed E-state index contributed by atoms with van der Waals surface area (Å²) in [6, 6.07) is 0.404. The number of β-amino-alcohol motifs (C(OH)–C–C–N with tert-alkyl or cyclic N) is 1. The molecule has 0 radical (unpaired) electrons. The lowest BCUT2D eigenvalue weighted by atomic mass is 10.1. The van der Waals surface area contributed by atoms with Crippen molar-refractivity contribution in [2.75, 3.05) is 13.2 Å². The summed E-state index contributed by atoms with van der Waals surface area (Å²) < 4.78 is 0. The van der Waals surface area contributed by atoms with Crippen molar-refractivity contribution in [3.63, 3.8) is 0 Å². The summed E-state index contributed by atoms with van der Waals surface area (Å²) in [6.07, 6.45) is 7.82. The number of hydrogen-bond donors (Lipinski definition) is 1. The Balaban J connectivity index is 2.24. The number of rotatable bonds is 7. The highest BCUT2D eigenvalue weighted by atomic mass is 16.3. The monoisotopic (exact) mass is 213 g/mol. The molecule has 3 heteroatoms. The second-order valence-corrected chi connectivity index (χ2v) is 4.35. The minimum Gasteiger partial charge on any atom is -0.395 e. The molecule has 0 spiro atoms. The summed E-state index contributed by atoms with van der Waals surface area (Å²) in [7, 11) is 0. The second-order valence-electron chi connectivity index (χ2n) is 4.35. The van der Waals surface area contributed by atoms with Crippen LogP contribution in [0, 0.1) is 0 Å². The van der Waals surface area contributed by atoms with E-state index in [1.165, 1.54) is 25.7 Å². The predicted molar refractivity (Wildman–Crippen MR) is 60.6 cm³/mol. The van der Waals surface area contributed by atoms with Crippen molar-refractivity contribution in [1.29, 1.82) is 0 Å². The van der Waals surface area contributed by atoms with Gasteiger partial charge in [0.15, 0.2) is 0 Å². The van der Waals surface area contributed by atoms with E-state index in [4.69, 9.17) is 5.11 Å². The number of aliphatic hydroxyl groups excluding tert-OH is 1. The molecule has 1 heterocycles. The van der Waals surface area contributed by atoms with E-state index in [0.717, 1.165) is 12.8 Å². The summed E-state index contributed by atoms with van der Waals surface area (Å²) in [5, 5.41) is 8.88. The van der Waals surface area contributed by atoms with Crippen LogP contribution in [0.15, 0.2) is 0 Å². The fraction of sp³-hybridized carbons (Fsp3) is 0.917. The fourth-order valence-corrected chi connectivity index (χ4v) is 2.32. The van der Waals surface area contributed by atoms with Gasteiger partial charge < -0.3 is 10.0 Å². The van der Waals surface area contributed by atoms with Gasteiger partial charge >= 0.3 is 0 Å². The van der Waals surface area contributed by atoms with E-state index in [1.54, 1.807) is 0 Å². The molecule has 1 rings (SSSR count). The topological polar surface area (TPSA) is 40.5 Å². The van der Waals surface area contributed by atoms with E-state index < -0.39 is 0 Å². The maximum Gasteiger partial charge on any atom is 0.222 e. The van der Waals surface area contributed by atoms with Gasteiger partial charge in [0.05, 0.1) is 6.61 Å². The van der Waals surface area contributed by atoms with Crippen LogP contribution < -0.4 is 0 Å². The molecule has 1 amide bonds. The Hall–Kier alpha value is -0.570. The summed E-state index contributed by atoms with van der Waals surface area (Å²) in [5.41, 5.74) is 0. The number of aliphatic hydroxyl groups is 1. The van der Waals surface area contributed by atoms with Crippen molar-refractivity contribution in [3.05, 3.63) is 0 Å². The first kappa shape index (κ1) is 12.5. The van der Waals surface area contributed by atoms with Crippen LogP contribution in [0.4, 0.5) is 0 Å². The second kappa shape index (κ2) is 6.83. The predicted octanol–water partition coefficient (Wildman–Crippen LogP) is 1.94. The molecular weight excluding hydrogens is 190 g/mol. The molecule has 3 nitrogen and oxygen atoms in total. The van der Waals surface area contributed by atoms with Crippen molar-refractivity contribution >= 4 is 5.91 Å². The normalized spacial score (nSPS) is 21.3. The molecule has 0 aromatic rings. The van der Waals surface area contributed by atoms with Gasteiger partial charge in [0, 0.05) is 19.0 Å². The average Bonchev–Trinajstić information content (AvgIpc) is 2.57. The van der Waals surface area contributed by atoms with Gasteiger partial charge in [-0.3, -0.25) is 4.79 Å². The number of hydrogen-bond acceptors (Lipinski definition) is 2. The Morgan fingerprint density at radius 2 is 2.20 bits per heavy atom. The number of carbonyl (C=O) groups is 1. The van der Waals surface area contributed by atoms with Crippen molar-refractivity contribution < 1.29 is 9.90 Å². The van der Waals surface area contributed by atoms with E-state index in [-0.39, 0.29) is 12.5 Å². The molecular formula is C12H23NO2. The highest BCUT2D eigenvalue weighted by molar-refractivity contribution is 5.78. The third-order valence-electron chi connectivity index (χ3n) is 3.18. The molecule has 0 aromatic heterocycles. The lowest BCUT2D eigenvalue weighted by Gasteiger charge is -2.23. The van der Waals surface area contributed by atoms with Crippen molar-refractivity contribution in [2.45, 2.75) is 57.9 Å². The molecule has 1 N–H and O–H groups in total. The van der Waals surface area contributed by atoms with Crippen LogP contribution in [0.2, 0.25) is 0 Å². The first-order chi connectivity index (χ1) is 7.29. The van der Waals surface area contributed by atoms with E-state index in [9.17, 15) is 4.79 Å². The summed E-state index contributed by atoms with van der Waals surface area (Å²) in [5.74, 6) is 0.226. The van der Waals surface area contributed by atoms with Gasteiger partial charge in [-0.25, -0.2) is 0 Å². The van der Waals surface area contributed by atoms with Crippen LogP contribution >= 0.6 is 0 Å². The highest BCUT2D eigenvalue weighted by Gasteiger charge is 2.29. The van der Waals surface area contributed by atoms with Crippen LogP contribution in [-0.4, -0.2) is 35.1 Å². The molecule has 1 aliphatic heterocycles. The van der Waals surface area contributed by atoms with Gasteiger partial charge in [0.2, 0.25) is 5.91 Å². The van der Waals surface area contributed by atoms with Crippen LogP contribution in [-0.2, 0) is 4.79 Å². The molecule has 1 fully saturated rings. The SMILES string of the molecule is CCCCCCC1CCC(=O)N1CCO. The van der Waals surface area contributed by atoms with Gasteiger partial charge in [-0.1, -0.05) is 32.6 Å². The van der Waals surface area contributed by atoms with E-state index in [1.807, 2.05) is 4.90 Å². The highest BCUT2D eigenvalue weighted by Crippen LogP contribution is 2.23.